The maximum atomic E-state index is 12.7. The molecule has 1 amide bonds. The molecule has 0 bridgehead atoms. The van der Waals surface area contributed by atoms with E-state index >= 15 is 0 Å². The first-order chi connectivity index (χ1) is 10.4. The van der Waals surface area contributed by atoms with Gasteiger partial charge in [0.15, 0.2) is 0 Å². The summed E-state index contributed by atoms with van der Waals surface area (Å²) >= 11 is 6.04. The van der Waals surface area contributed by atoms with Crippen LogP contribution in [0.2, 0.25) is 5.02 Å². The number of nitrogens with one attached hydrogen (secondary N) is 1. The van der Waals surface area contributed by atoms with Crippen molar-refractivity contribution in [3.63, 3.8) is 0 Å². The van der Waals surface area contributed by atoms with Crippen LogP contribution in [0.15, 0.2) is 42.5 Å². The zero-order valence-electron chi connectivity index (χ0n) is 11.0. The molecule has 0 aliphatic carbocycles. The van der Waals surface area contributed by atoms with E-state index in [0.29, 0.717) is 16.1 Å². The summed E-state index contributed by atoms with van der Waals surface area (Å²) in [5, 5.41) is 2.91. The maximum Gasteiger partial charge on any atom is 0.416 e. The molecule has 1 aliphatic rings. The summed E-state index contributed by atoms with van der Waals surface area (Å²) in [7, 11) is 0. The number of rotatable bonds is 1. The van der Waals surface area contributed by atoms with Crippen molar-refractivity contribution in [2.75, 3.05) is 5.32 Å². The second-order valence-corrected chi connectivity index (χ2v) is 5.20. The molecule has 3 rings (SSSR count). The standard InChI is InChI=1S/C16H9ClF3NO/c17-13-4-2-1-3-9(13)7-12-11-6-5-10(16(18,19)20)8-14(11)21-15(12)22/h1-8H,(H,21,22)/b12-7-. The summed E-state index contributed by atoms with van der Waals surface area (Å²) < 4.78 is 38.1. The number of hydrogen-bond donors (Lipinski definition) is 1. The SMILES string of the molecule is O=C1Nc2cc(C(F)(F)F)ccc2/C1=C/c1ccccc1Cl. The van der Waals surface area contributed by atoms with Gasteiger partial charge in [0, 0.05) is 21.8 Å². The van der Waals surface area contributed by atoms with Crippen LogP contribution < -0.4 is 5.32 Å². The molecule has 0 fully saturated rings. The van der Waals surface area contributed by atoms with E-state index in [2.05, 4.69) is 5.32 Å². The number of halogens is 4. The minimum atomic E-state index is -4.45. The van der Waals surface area contributed by atoms with Gasteiger partial charge in [-0.3, -0.25) is 4.79 Å². The van der Waals surface area contributed by atoms with Gasteiger partial charge in [-0.2, -0.15) is 13.2 Å². The molecule has 22 heavy (non-hydrogen) atoms. The van der Waals surface area contributed by atoms with E-state index in [1.54, 1.807) is 30.3 Å². The third-order valence-corrected chi connectivity index (χ3v) is 3.68. The van der Waals surface area contributed by atoms with Gasteiger partial charge in [0.1, 0.15) is 0 Å². The average molecular weight is 324 g/mol. The van der Waals surface area contributed by atoms with Crippen LogP contribution in [0.25, 0.3) is 11.6 Å². The van der Waals surface area contributed by atoms with Crippen LogP contribution in [0, 0.1) is 0 Å². The number of alkyl halides is 3. The highest BCUT2D eigenvalue weighted by molar-refractivity contribution is 6.37. The van der Waals surface area contributed by atoms with Crippen molar-refractivity contribution in [2.24, 2.45) is 0 Å². The Kier molecular flexibility index (Phi) is 3.45. The Morgan fingerprint density at radius 3 is 2.50 bits per heavy atom. The molecule has 2 nitrogen and oxygen atoms in total. The van der Waals surface area contributed by atoms with Crippen LogP contribution in [0.5, 0.6) is 0 Å². The monoisotopic (exact) mass is 323 g/mol. The Morgan fingerprint density at radius 2 is 1.82 bits per heavy atom. The van der Waals surface area contributed by atoms with E-state index < -0.39 is 17.6 Å². The van der Waals surface area contributed by atoms with E-state index in [1.807, 2.05) is 0 Å². The van der Waals surface area contributed by atoms with Crippen LogP contribution in [-0.2, 0) is 11.0 Å². The zero-order valence-corrected chi connectivity index (χ0v) is 11.8. The lowest BCUT2D eigenvalue weighted by Gasteiger charge is -2.08. The van der Waals surface area contributed by atoms with Crippen molar-refractivity contribution in [1.29, 1.82) is 0 Å². The molecule has 0 spiro atoms. The molecule has 2 aromatic rings. The Hall–Kier alpha value is -2.27. The minimum absolute atomic E-state index is 0.151. The van der Waals surface area contributed by atoms with Crippen molar-refractivity contribution in [3.05, 3.63) is 64.2 Å². The third kappa shape index (κ3) is 2.60. The van der Waals surface area contributed by atoms with E-state index in [-0.39, 0.29) is 11.3 Å². The predicted octanol–water partition coefficient (Wildman–Crippen LogP) is 4.85. The lowest BCUT2D eigenvalue weighted by Crippen LogP contribution is -2.06. The van der Waals surface area contributed by atoms with Crippen LogP contribution in [-0.4, -0.2) is 5.91 Å². The van der Waals surface area contributed by atoms with Crippen molar-refractivity contribution in [1.82, 2.24) is 0 Å². The second kappa shape index (κ2) is 5.18. The Labute approximate surface area is 129 Å². The first kappa shape index (κ1) is 14.7. The fourth-order valence-corrected chi connectivity index (χ4v) is 2.45. The number of fused-ring (bicyclic) bond motifs is 1. The van der Waals surface area contributed by atoms with E-state index in [0.717, 1.165) is 12.1 Å². The van der Waals surface area contributed by atoms with Gasteiger partial charge >= 0.3 is 6.18 Å². The van der Waals surface area contributed by atoms with Gasteiger partial charge in [-0.05, 0) is 29.8 Å². The van der Waals surface area contributed by atoms with Crippen molar-refractivity contribution in [3.8, 4) is 0 Å². The van der Waals surface area contributed by atoms with Crippen molar-refractivity contribution >= 4 is 34.8 Å². The lowest BCUT2D eigenvalue weighted by atomic mass is 10.0. The van der Waals surface area contributed by atoms with Gasteiger partial charge in [-0.15, -0.1) is 0 Å². The number of anilines is 1. The van der Waals surface area contributed by atoms with E-state index in [9.17, 15) is 18.0 Å². The summed E-state index contributed by atoms with van der Waals surface area (Å²) in [6.07, 6.45) is -2.88. The predicted molar refractivity (Wildman–Crippen MR) is 79.4 cm³/mol. The molecule has 112 valence electrons. The summed E-state index contributed by atoms with van der Waals surface area (Å²) in [6.45, 7) is 0. The summed E-state index contributed by atoms with van der Waals surface area (Å²) in [6, 6.07) is 10.1. The second-order valence-electron chi connectivity index (χ2n) is 4.79. The largest absolute Gasteiger partial charge is 0.416 e. The first-order valence-corrected chi connectivity index (χ1v) is 6.73. The highest BCUT2D eigenvalue weighted by Gasteiger charge is 2.33. The maximum absolute atomic E-state index is 12.7. The van der Waals surface area contributed by atoms with Gasteiger partial charge in [0.2, 0.25) is 0 Å². The summed E-state index contributed by atoms with van der Waals surface area (Å²) in [5.74, 6) is -0.450. The average Bonchev–Trinajstić information content (AvgIpc) is 2.76. The number of carbonyl (C=O) groups excluding carboxylic acids is 1. The quantitative estimate of drug-likeness (QED) is 0.747. The zero-order chi connectivity index (χ0) is 15.9. The van der Waals surface area contributed by atoms with Crippen LogP contribution >= 0.6 is 11.6 Å². The molecule has 0 aromatic heterocycles. The molecule has 0 atom stereocenters. The van der Waals surface area contributed by atoms with E-state index in [1.165, 1.54) is 6.07 Å². The molecule has 0 saturated carbocycles. The van der Waals surface area contributed by atoms with Gasteiger partial charge < -0.3 is 5.32 Å². The molecule has 6 heteroatoms. The molecule has 1 heterocycles. The molecule has 0 unspecified atom stereocenters. The highest BCUT2D eigenvalue weighted by Crippen LogP contribution is 2.38. The normalized spacial score (nSPS) is 15.8. The Morgan fingerprint density at radius 1 is 1.09 bits per heavy atom. The molecule has 1 aliphatic heterocycles. The Bertz CT molecular complexity index is 796. The highest BCUT2D eigenvalue weighted by atomic mass is 35.5. The van der Waals surface area contributed by atoms with Gasteiger partial charge in [-0.25, -0.2) is 0 Å². The fraction of sp³-hybridized carbons (Fsp3) is 0.0625. The number of amides is 1. The minimum Gasteiger partial charge on any atom is -0.321 e. The molecule has 0 saturated heterocycles. The van der Waals surface area contributed by atoms with Gasteiger partial charge in [0.05, 0.1) is 5.56 Å². The molecule has 0 radical (unpaired) electrons. The number of hydrogen-bond acceptors (Lipinski definition) is 1. The van der Waals surface area contributed by atoms with Crippen LogP contribution in [0.3, 0.4) is 0 Å². The van der Waals surface area contributed by atoms with Crippen LogP contribution in [0.4, 0.5) is 18.9 Å². The van der Waals surface area contributed by atoms with Gasteiger partial charge in [0.25, 0.3) is 5.91 Å². The lowest BCUT2D eigenvalue weighted by molar-refractivity contribution is -0.137. The van der Waals surface area contributed by atoms with E-state index in [4.69, 9.17) is 11.6 Å². The smallest absolute Gasteiger partial charge is 0.321 e. The van der Waals surface area contributed by atoms with Crippen molar-refractivity contribution < 1.29 is 18.0 Å². The fourth-order valence-electron chi connectivity index (χ4n) is 2.26. The molecule has 1 N–H and O–H groups in total. The Balaban J connectivity index is 2.08. The van der Waals surface area contributed by atoms with Crippen molar-refractivity contribution in [2.45, 2.75) is 6.18 Å². The van der Waals surface area contributed by atoms with Crippen LogP contribution in [0.1, 0.15) is 16.7 Å². The third-order valence-electron chi connectivity index (χ3n) is 3.33. The topological polar surface area (TPSA) is 29.1 Å². The number of carbonyl (C=O) groups is 1. The first-order valence-electron chi connectivity index (χ1n) is 6.35. The molecular weight excluding hydrogens is 315 g/mol. The summed E-state index contributed by atoms with van der Waals surface area (Å²) in [5.41, 5.74) is 0.695. The number of benzene rings is 2. The molecule has 2 aromatic carbocycles. The summed E-state index contributed by atoms with van der Waals surface area (Å²) in [4.78, 5) is 12.0. The molecular formula is C16H9ClF3NO. The van der Waals surface area contributed by atoms with Gasteiger partial charge in [-0.1, -0.05) is 35.9 Å².